The highest BCUT2D eigenvalue weighted by Crippen LogP contribution is 2.27. The first-order chi connectivity index (χ1) is 19.3. The summed E-state index contributed by atoms with van der Waals surface area (Å²) < 4.78 is 19.5. The summed E-state index contributed by atoms with van der Waals surface area (Å²) >= 11 is 1.88. The van der Waals surface area contributed by atoms with Crippen molar-refractivity contribution < 1.29 is 14.2 Å². The number of hydrogen-bond donors (Lipinski definition) is 1. The molecule has 4 nitrogen and oxygen atoms in total. The third-order valence-corrected chi connectivity index (χ3v) is 8.10. The van der Waals surface area contributed by atoms with Crippen LogP contribution in [0.2, 0.25) is 0 Å². The van der Waals surface area contributed by atoms with Crippen LogP contribution in [0.25, 0.3) is 0 Å². The van der Waals surface area contributed by atoms with Crippen LogP contribution in [0.3, 0.4) is 0 Å². The lowest BCUT2D eigenvalue weighted by molar-refractivity contribution is -0.131. The molecule has 0 amide bonds. The van der Waals surface area contributed by atoms with E-state index in [0.29, 0.717) is 26.4 Å². The molecule has 5 heteroatoms. The SMILES string of the molecule is c1ccc(COC[C@H]2N[C@H](CSc3ccccc3)C[C@@H](OCc3ccccc3)[C@@H]2OCc2ccccc2)cc1. The second kappa shape index (κ2) is 15.0. The summed E-state index contributed by atoms with van der Waals surface area (Å²) in [6, 6.07) is 41.9. The van der Waals surface area contributed by atoms with Crippen LogP contribution in [0.1, 0.15) is 23.1 Å². The van der Waals surface area contributed by atoms with Crippen LogP contribution in [-0.4, -0.2) is 36.7 Å². The minimum absolute atomic E-state index is 0.00770. The number of hydrogen-bond acceptors (Lipinski definition) is 5. The first-order valence-corrected chi connectivity index (χ1v) is 14.7. The zero-order chi connectivity index (χ0) is 26.5. The molecule has 1 aliphatic rings. The molecule has 5 rings (SSSR count). The van der Waals surface area contributed by atoms with Crippen molar-refractivity contribution in [3.8, 4) is 0 Å². The summed E-state index contributed by atoms with van der Waals surface area (Å²) in [4.78, 5) is 1.28. The highest BCUT2D eigenvalue weighted by atomic mass is 32.2. The number of benzene rings is 4. The van der Waals surface area contributed by atoms with Gasteiger partial charge in [-0.05, 0) is 35.2 Å². The van der Waals surface area contributed by atoms with Gasteiger partial charge in [0, 0.05) is 16.7 Å². The summed E-state index contributed by atoms with van der Waals surface area (Å²) in [6.45, 7) is 2.22. The fourth-order valence-corrected chi connectivity index (χ4v) is 5.90. The Bertz CT molecular complexity index is 1210. The second-order valence-corrected chi connectivity index (χ2v) is 11.0. The van der Waals surface area contributed by atoms with Crippen LogP contribution in [0.5, 0.6) is 0 Å². The van der Waals surface area contributed by atoms with Crippen LogP contribution >= 0.6 is 11.8 Å². The zero-order valence-electron chi connectivity index (χ0n) is 22.2. The number of thioether (sulfide) groups is 1. The Labute approximate surface area is 236 Å². The van der Waals surface area contributed by atoms with Crippen LogP contribution in [0, 0.1) is 0 Å². The minimum Gasteiger partial charge on any atom is -0.375 e. The second-order valence-electron chi connectivity index (χ2n) is 9.93. The molecular formula is C34H37NO3S. The van der Waals surface area contributed by atoms with E-state index in [1.807, 2.05) is 42.1 Å². The lowest BCUT2D eigenvalue weighted by Crippen LogP contribution is -2.60. The molecule has 4 atom stereocenters. The normalized spacial score (nSPS) is 21.0. The zero-order valence-corrected chi connectivity index (χ0v) is 23.0. The Morgan fingerprint density at radius 1 is 0.615 bits per heavy atom. The molecule has 0 aliphatic carbocycles. The molecule has 0 unspecified atom stereocenters. The molecule has 4 aromatic carbocycles. The van der Waals surface area contributed by atoms with Gasteiger partial charge in [0.15, 0.2) is 0 Å². The predicted molar refractivity (Wildman–Crippen MR) is 159 cm³/mol. The Balaban J connectivity index is 1.30. The van der Waals surface area contributed by atoms with E-state index in [1.54, 1.807) is 0 Å². The van der Waals surface area contributed by atoms with Gasteiger partial charge < -0.3 is 19.5 Å². The van der Waals surface area contributed by atoms with Gasteiger partial charge in [-0.1, -0.05) is 109 Å². The highest BCUT2D eigenvalue weighted by molar-refractivity contribution is 7.99. The Morgan fingerprint density at radius 3 is 1.72 bits per heavy atom. The van der Waals surface area contributed by atoms with Crippen LogP contribution in [0.4, 0.5) is 0 Å². The van der Waals surface area contributed by atoms with E-state index in [4.69, 9.17) is 14.2 Å². The summed E-state index contributed by atoms with van der Waals surface area (Å²) in [7, 11) is 0. The third-order valence-electron chi connectivity index (χ3n) is 6.93. The number of nitrogens with one attached hydrogen (secondary N) is 1. The van der Waals surface area contributed by atoms with E-state index in [1.165, 1.54) is 16.0 Å². The van der Waals surface area contributed by atoms with Crippen molar-refractivity contribution >= 4 is 11.8 Å². The molecule has 1 saturated heterocycles. The van der Waals surface area contributed by atoms with E-state index in [0.717, 1.165) is 17.7 Å². The maximum atomic E-state index is 6.62. The van der Waals surface area contributed by atoms with Crippen molar-refractivity contribution in [1.82, 2.24) is 5.32 Å². The van der Waals surface area contributed by atoms with E-state index >= 15 is 0 Å². The van der Waals surface area contributed by atoms with E-state index in [-0.39, 0.29) is 24.3 Å². The average molecular weight is 540 g/mol. The largest absolute Gasteiger partial charge is 0.375 e. The van der Waals surface area contributed by atoms with Crippen molar-refractivity contribution in [2.24, 2.45) is 0 Å². The first kappa shape index (κ1) is 27.6. The van der Waals surface area contributed by atoms with Crippen molar-refractivity contribution in [1.29, 1.82) is 0 Å². The van der Waals surface area contributed by atoms with Crippen molar-refractivity contribution in [3.63, 3.8) is 0 Å². The van der Waals surface area contributed by atoms with Gasteiger partial charge in [-0.3, -0.25) is 0 Å². The van der Waals surface area contributed by atoms with Gasteiger partial charge in [0.25, 0.3) is 0 Å². The highest BCUT2D eigenvalue weighted by Gasteiger charge is 2.39. The fourth-order valence-electron chi connectivity index (χ4n) is 4.92. The van der Waals surface area contributed by atoms with E-state index in [9.17, 15) is 0 Å². The average Bonchev–Trinajstić information content (AvgIpc) is 3.00. The van der Waals surface area contributed by atoms with Gasteiger partial charge in [0.2, 0.25) is 0 Å². The molecule has 1 heterocycles. The molecule has 39 heavy (non-hydrogen) atoms. The molecule has 0 spiro atoms. The summed E-state index contributed by atoms with van der Waals surface area (Å²) in [5, 5.41) is 3.87. The molecule has 1 N–H and O–H groups in total. The number of ether oxygens (including phenoxy) is 3. The van der Waals surface area contributed by atoms with E-state index < -0.39 is 0 Å². The monoisotopic (exact) mass is 539 g/mol. The fraction of sp³-hybridized carbons (Fsp3) is 0.294. The van der Waals surface area contributed by atoms with Gasteiger partial charge in [0.1, 0.15) is 6.10 Å². The molecule has 1 aliphatic heterocycles. The lowest BCUT2D eigenvalue weighted by atomic mass is 9.93. The molecule has 0 bridgehead atoms. The molecule has 0 aromatic heterocycles. The third kappa shape index (κ3) is 8.79. The number of rotatable bonds is 13. The van der Waals surface area contributed by atoms with E-state index in [2.05, 4.69) is 96.3 Å². The smallest absolute Gasteiger partial charge is 0.102 e. The first-order valence-electron chi connectivity index (χ1n) is 13.7. The van der Waals surface area contributed by atoms with Crippen LogP contribution in [-0.2, 0) is 34.0 Å². The quantitative estimate of drug-likeness (QED) is 0.187. The topological polar surface area (TPSA) is 39.7 Å². The van der Waals surface area contributed by atoms with Gasteiger partial charge in [-0.25, -0.2) is 0 Å². The molecular weight excluding hydrogens is 502 g/mol. The lowest BCUT2D eigenvalue weighted by Gasteiger charge is -2.42. The standard InChI is InChI=1S/C34H37NO3S/c1-5-13-27(14-6-1)22-36-25-32-34(38-24-29-17-9-3-10-18-29)33(37-23-28-15-7-2-8-16-28)21-30(35-32)26-39-31-19-11-4-12-20-31/h1-20,30,32-35H,21-26H2/t30-,32+,33+,34+/m0/s1. The molecule has 202 valence electrons. The van der Waals surface area contributed by atoms with Gasteiger partial charge in [0.05, 0.1) is 38.6 Å². The Kier molecular flexibility index (Phi) is 10.6. The Morgan fingerprint density at radius 2 is 1.13 bits per heavy atom. The summed E-state index contributed by atoms with van der Waals surface area (Å²) in [5.74, 6) is 0.954. The molecule has 1 fully saturated rings. The maximum Gasteiger partial charge on any atom is 0.102 e. The molecule has 0 saturated carbocycles. The van der Waals surface area contributed by atoms with Crippen molar-refractivity contribution in [3.05, 3.63) is 138 Å². The summed E-state index contributed by atoms with van der Waals surface area (Å²) in [6.07, 6.45) is 0.686. The van der Waals surface area contributed by atoms with Crippen molar-refractivity contribution in [2.75, 3.05) is 12.4 Å². The Hall–Kier alpha value is -2.93. The number of piperidine rings is 1. The van der Waals surface area contributed by atoms with Crippen LogP contribution < -0.4 is 5.32 Å². The molecule has 4 aromatic rings. The molecule has 0 radical (unpaired) electrons. The predicted octanol–water partition coefficient (Wildman–Crippen LogP) is 6.90. The van der Waals surface area contributed by atoms with Gasteiger partial charge in [-0.2, -0.15) is 0 Å². The van der Waals surface area contributed by atoms with Gasteiger partial charge in [-0.15, -0.1) is 11.8 Å². The van der Waals surface area contributed by atoms with Crippen LogP contribution in [0.15, 0.2) is 126 Å². The minimum atomic E-state index is -0.136. The van der Waals surface area contributed by atoms with Crippen molar-refractivity contribution in [2.45, 2.75) is 55.4 Å². The summed E-state index contributed by atoms with van der Waals surface area (Å²) in [5.41, 5.74) is 3.50. The maximum absolute atomic E-state index is 6.62. The van der Waals surface area contributed by atoms with Gasteiger partial charge >= 0.3 is 0 Å².